The van der Waals surface area contributed by atoms with Crippen LogP contribution in [0.25, 0.3) is 0 Å². The molecule has 4 heteroatoms. The Morgan fingerprint density at radius 1 is 1.36 bits per heavy atom. The molecule has 2 fully saturated rings. The summed E-state index contributed by atoms with van der Waals surface area (Å²) in [4.78, 5) is 12.3. The Balaban J connectivity index is 1.72. The average Bonchev–Trinajstić information content (AvgIpc) is 3.25. The van der Waals surface area contributed by atoms with Gasteiger partial charge in [-0.2, -0.15) is 0 Å². The van der Waals surface area contributed by atoms with Crippen LogP contribution in [-0.2, 0) is 10.2 Å². The van der Waals surface area contributed by atoms with Crippen LogP contribution in [0, 0.1) is 0 Å². The van der Waals surface area contributed by atoms with Crippen molar-refractivity contribution >= 4 is 5.91 Å². The number of ether oxygens (including phenoxy) is 1. The van der Waals surface area contributed by atoms with Gasteiger partial charge in [0.2, 0.25) is 5.91 Å². The molecule has 1 aromatic rings. The quantitative estimate of drug-likeness (QED) is 0.878. The van der Waals surface area contributed by atoms with Gasteiger partial charge in [-0.05, 0) is 49.9 Å². The predicted octanol–water partition coefficient (Wildman–Crippen LogP) is 2.38. The van der Waals surface area contributed by atoms with Crippen molar-refractivity contribution in [3.8, 4) is 5.75 Å². The summed E-state index contributed by atoms with van der Waals surface area (Å²) >= 11 is 0. The van der Waals surface area contributed by atoms with Gasteiger partial charge in [-0.25, -0.2) is 0 Å². The molecule has 120 valence electrons. The molecule has 1 saturated carbocycles. The van der Waals surface area contributed by atoms with Crippen LogP contribution in [0.4, 0.5) is 0 Å². The first kappa shape index (κ1) is 15.3. The van der Waals surface area contributed by atoms with Crippen LogP contribution in [0.15, 0.2) is 24.3 Å². The molecule has 2 aliphatic rings. The van der Waals surface area contributed by atoms with Crippen molar-refractivity contribution < 1.29 is 9.53 Å². The highest BCUT2D eigenvalue weighted by Crippen LogP contribution is 2.41. The molecule has 0 bridgehead atoms. The first-order valence-corrected chi connectivity index (χ1v) is 8.39. The second kappa shape index (κ2) is 6.69. The molecule has 0 radical (unpaired) electrons. The van der Waals surface area contributed by atoms with Crippen molar-refractivity contribution in [2.24, 2.45) is 0 Å². The lowest BCUT2D eigenvalue weighted by Crippen LogP contribution is -2.46. The maximum Gasteiger partial charge on any atom is 0.237 e. The fourth-order valence-electron chi connectivity index (χ4n) is 3.86. The zero-order chi connectivity index (χ0) is 15.4. The van der Waals surface area contributed by atoms with Crippen LogP contribution in [0.2, 0.25) is 0 Å². The third-order valence-corrected chi connectivity index (χ3v) is 5.22. The van der Waals surface area contributed by atoms with Gasteiger partial charge < -0.3 is 15.4 Å². The molecule has 1 aliphatic heterocycles. The Morgan fingerprint density at radius 3 is 2.86 bits per heavy atom. The van der Waals surface area contributed by atoms with Gasteiger partial charge in [-0.3, -0.25) is 4.79 Å². The van der Waals surface area contributed by atoms with Crippen LogP contribution >= 0.6 is 0 Å². The number of hydrogen-bond acceptors (Lipinski definition) is 3. The first-order chi connectivity index (χ1) is 10.7. The highest BCUT2D eigenvalue weighted by molar-refractivity contribution is 5.82. The number of carbonyl (C=O) groups is 1. The van der Waals surface area contributed by atoms with Gasteiger partial charge in [0, 0.05) is 12.0 Å². The second-order valence-electron chi connectivity index (χ2n) is 6.59. The molecule has 1 aliphatic carbocycles. The van der Waals surface area contributed by atoms with Crippen molar-refractivity contribution in [3.63, 3.8) is 0 Å². The Bertz CT molecular complexity index is 518. The molecular formula is C18H26N2O2. The van der Waals surface area contributed by atoms with Crippen LogP contribution in [-0.4, -0.2) is 32.1 Å². The van der Waals surface area contributed by atoms with E-state index in [-0.39, 0.29) is 17.4 Å². The zero-order valence-electron chi connectivity index (χ0n) is 13.4. The predicted molar refractivity (Wildman–Crippen MR) is 87.2 cm³/mol. The van der Waals surface area contributed by atoms with Crippen molar-refractivity contribution in [1.82, 2.24) is 10.6 Å². The van der Waals surface area contributed by atoms with E-state index in [1.54, 1.807) is 7.11 Å². The molecule has 1 aromatic carbocycles. The summed E-state index contributed by atoms with van der Waals surface area (Å²) in [6, 6.07) is 8.34. The summed E-state index contributed by atoms with van der Waals surface area (Å²) < 4.78 is 5.37. The van der Waals surface area contributed by atoms with Gasteiger partial charge in [0.1, 0.15) is 5.75 Å². The number of carbonyl (C=O) groups excluding carboxylic acids is 1. The fourth-order valence-corrected chi connectivity index (χ4v) is 3.86. The van der Waals surface area contributed by atoms with Crippen molar-refractivity contribution in [3.05, 3.63) is 29.8 Å². The van der Waals surface area contributed by atoms with Crippen molar-refractivity contribution in [2.75, 3.05) is 20.2 Å². The number of rotatable bonds is 5. The smallest absolute Gasteiger partial charge is 0.237 e. The van der Waals surface area contributed by atoms with E-state index in [1.165, 1.54) is 18.4 Å². The van der Waals surface area contributed by atoms with Crippen molar-refractivity contribution in [1.29, 1.82) is 0 Å². The Labute approximate surface area is 132 Å². The third-order valence-electron chi connectivity index (χ3n) is 5.22. The molecule has 0 aromatic heterocycles. The normalized spacial score (nSPS) is 23.4. The molecule has 0 spiro atoms. The minimum absolute atomic E-state index is 0.00348. The van der Waals surface area contributed by atoms with Gasteiger partial charge in [-0.15, -0.1) is 0 Å². The van der Waals surface area contributed by atoms with E-state index in [0.717, 1.165) is 44.5 Å². The van der Waals surface area contributed by atoms with Gasteiger partial charge in [-0.1, -0.05) is 25.0 Å². The standard InChI is InChI=1S/C18H26N2O2/c1-22-15-7-4-6-14(12-15)18(9-2-3-10-18)13-20-17(21)16-8-5-11-19-16/h4,6-7,12,16,19H,2-3,5,8-11,13H2,1H3,(H,20,21). The SMILES string of the molecule is COc1cccc(C2(CNC(=O)C3CCCN3)CCCC2)c1. The molecule has 3 rings (SSSR count). The molecule has 1 saturated heterocycles. The number of methoxy groups -OCH3 is 1. The lowest BCUT2D eigenvalue weighted by molar-refractivity contribution is -0.123. The molecule has 1 atom stereocenters. The lowest BCUT2D eigenvalue weighted by Gasteiger charge is -2.31. The number of hydrogen-bond donors (Lipinski definition) is 2. The summed E-state index contributed by atoms with van der Waals surface area (Å²) in [5.41, 5.74) is 1.37. The first-order valence-electron chi connectivity index (χ1n) is 8.39. The van der Waals surface area contributed by atoms with E-state index in [9.17, 15) is 4.79 Å². The molecule has 1 heterocycles. The molecule has 1 unspecified atom stereocenters. The van der Waals surface area contributed by atoms with Crippen LogP contribution < -0.4 is 15.4 Å². The van der Waals surface area contributed by atoms with E-state index >= 15 is 0 Å². The maximum atomic E-state index is 12.3. The Morgan fingerprint density at radius 2 is 2.18 bits per heavy atom. The van der Waals surface area contributed by atoms with E-state index in [0.29, 0.717) is 0 Å². The number of nitrogens with one attached hydrogen (secondary N) is 2. The van der Waals surface area contributed by atoms with Gasteiger partial charge in [0.05, 0.1) is 13.2 Å². The van der Waals surface area contributed by atoms with E-state index < -0.39 is 0 Å². The molecule has 1 amide bonds. The fraction of sp³-hybridized carbons (Fsp3) is 0.611. The topological polar surface area (TPSA) is 50.4 Å². The lowest BCUT2D eigenvalue weighted by atomic mass is 9.78. The summed E-state index contributed by atoms with van der Waals surface area (Å²) in [6.45, 7) is 1.69. The highest BCUT2D eigenvalue weighted by Gasteiger charge is 2.36. The minimum Gasteiger partial charge on any atom is -0.497 e. The summed E-state index contributed by atoms with van der Waals surface area (Å²) in [5.74, 6) is 1.05. The highest BCUT2D eigenvalue weighted by atomic mass is 16.5. The summed E-state index contributed by atoms with van der Waals surface area (Å²) in [7, 11) is 1.70. The Hall–Kier alpha value is -1.55. The maximum absolute atomic E-state index is 12.3. The third kappa shape index (κ3) is 3.12. The minimum atomic E-state index is 0.00348. The molecule has 2 N–H and O–H groups in total. The van der Waals surface area contributed by atoms with Gasteiger partial charge >= 0.3 is 0 Å². The van der Waals surface area contributed by atoms with E-state index in [4.69, 9.17) is 4.74 Å². The van der Waals surface area contributed by atoms with Gasteiger partial charge in [0.25, 0.3) is 0 Å². The Kier molecular flexibility index (Phi) is 4.67. The molecule has 22 heavy (non-hydrogen) atoms. The van der Waals surface area contributed by atoms with E-state index in [2.05, 4.69) is 28.8 Å². The summed E-state index contributed by atoms with van der Waals surface area (Å²) in [6.07, 6.45) is 6.79. The largest absolute Gasteiger partial charge is 0.497 e. The average molecular weight is 302 g/mol. The van der Waals surface area contributed by atoms with Crippen LogP contribution in [0.1, 0.15) is 44.1 Å². The van der Waals surface area contributed by atoms with E-state index in [1.807, 2.05) is 6.07 Å². The monoisotopic (exact) mass is 302 g/mol. The van der Waals surface area contributed by atoms with Crippen molar-refractivity contribution in [2.45, 2.75) is 50.0 Å². The van der Waals surface area contributed by atoms with Crippen LogP contribution in [0.5, 0.6) is 5.75 Å². The van der Waals surface area contributed by atoms with Crippen LogP contribution in [0.3, 0.4) is 0 Å². The number of benzene rings is 1. The van der Waals surface area contributed by atoms with Gasteiger partial charge in [0.15, 0.2) is 0 Å². The molecule has 4 nitrogen and oxygen atoms in total. The second-order valence-corrected chi connectivity index (χ2v) is 6.59. The zero-order valence-corrected chi connectivity index (χ0v) is 13.4. The number of amides is 1. The molecular weight excluding hydrogens is 276 g/mol. The summed E-state index contributed by atoms with van der Waals surface area (Å²) in [5, 5.41) is 6.47.